The maximum Gasteiger partial charge on any atom is 0.416 e. The first-order valence-corrected chi connectivity index (χ1v) is 11.4. The third-order valence-corrected chi connectivity index (χ3v) is 6.35. The molecule has 11 heteroatoms. The third kappa shape index (κ3) is 6.04. The largest absolute Gasteiger partial charge is 0.494 e. The number of anilines is 2. The van der Waals surface area contributed by atoms with Gasteiger partial charge in [-0.2, -0.15) is 13.2 Å². The van der Waals surface area contributed by atoms with E-state index in [-0.39, 0.29) is 0 Å². The second-order valence-electron chi connectivity index (χ2n) is 7.02. The van der Waals surface area contributed by atoms with Gasteiger partial charge in [0.05, 0.1) is 22.8 Å². The molecule has 0 fully saturated rings. The number of amides is 1. The summed E-state index contributed by atoms with van der Waals surface area (Å²) in [5.74, 6) is -1.12. The number of sulfonamides is 1. The van der Waals surface area contributed by atoms with Crippen LogP contribution in [0.4, 0.5) is 28.9 Å². The van der Waals surface area contributed by atoms with Crippen molar-refractivity contribution in [1.29, 1.82) is 0 Å². The molecule has 0 aromatic heterocycles. The molecule has 0 saturated heterocycles. The van der Waals surface area contributed by atoms with E-state index in [1.54, 1.807) is 19.1 Å². The van der Waals surface area contributed by atoms with E-state index in [0.717, 1.165) is 42.5 Å². The maximum atomic E-state index is 13.7. The molecule has 0 unspecified atom stereocenters. The zero-order valence-electron chi connectivity index (χ0n) is 17.8. The molecule has 0 aliphatic carbocycles. The molecule has 6 nitrogen and oxygen atoms in total. The molecule has 0 heterocycles. The fourth-order valence-electron chi connectivity index (χ4n) is 3.04. The lowest BCUT2D eigenvalue weighted by molar-refractivity contribution is -0.137. The van der Waals surface area contributed by atoms with Crippen molar-refractivity contribution < 1.29 is 35.5 Å². The number of nitrogens with zero attached hydrogens (tertiary/aromatic N) is 1. The van der Waals surface area contributed by atoms with E-state index < -0.39 is 50.6 Å². The summed E-state index contributed by atoms with van der Waals surface area (Å²) in [6, 6.07) is 13.7. The predicted molar refractivity (Wildman–Crippen MR) is 119 cm³/mol. The zero-order valence-corrected chi connectivity index (χ0v) is 18.7. The first-order chi connectivity index (χ1) is 16.0. The van der Waals surface area contributed by atoms with Gasteiger partial charge in [-0.3, -0.25) is 9.10 Å². The molecule has 3 aromatic carbocycles. The Kier molecular flexibility index (Phi) is 7.45. The van der Waals surface area contributed by atoms with Gasteiger partial charge in [0, 0.05) is 5.69 Å². The summed E-state index contributed by atoms with van der Waals surface area (Å²) >= 11 is 0. The van der Waals surface area contributed by atoms with Crippen LogP contribution in [0.5, 0.6) is 5.75 Å². The molecule has 0 saturated carbocycles. The van der Waals surface area contributed by atoms with Gasteiger partial charge in [0.1, 0.15) is 18.1 Å². The highest BCUT2D eigenvalue weighted by molar-refractivity contribution is 7.92. The number of carbonyl (C=O) groups is 1. The first kappa shape index (κ1) is 25.0. The van der Waals surface area contributed by atoms with Gasteiger partial charge >= 0.3 is 6.18 Å². The number of halogens is 4. The number of hydrogen-bond donors (Lipinski definition) is 1. The minimum absolute atomic E-state index is 0.320. The summed E-state index contributed by atoms with van der Waals surface area (Å²) in [4.78, 5) is 12.2. The van der Waals surface area contributed by atoms with Crippen LogP contribution in [0, 0.1) is 5.82 Å². The Bertz CT molecular complexity index is 1260. The average Bonchev–Trinajstić information content (AvgIpc) is 2.78. The quantitative estimate of drug-likeness (QED) is 0.442. The molecule has 0 radical (unpaired) electrons. The third-order valence-electron chi connectivity index (χ3n) is 4.58. The molecule has 180 valence electrons. The van der Waals surface area contributed by atoms with E-state index in [4.69, 9.17) is 4.74 Å². The Morgan fingerprint density at radius 3 is 2.29 bits per heavy atom. The lowest BCUT2D eigenvalue weighted by atomic mass is 10.2. The van der Waals surface area contributed by atoms with Gasteiger partial charge in [0.15, 0.2) is 0 Å². The van der Waals surface area contributed by atoms with Gasteiger partial charge < -0.3 is 10.1 Å². The van der Waals surface area contributed by atoms with E-state index in [0.29, 0.717) is 28.4 Å². The van der Waals surface area contributed by atoms with Crippen LogP contribution >= 0.6 is 0 Å². The second-order valence-corrected chi connectivity index (χ2v) is 8.89. The van der Waals surface area contributed by atoms with Crippen molar-refractivity contribution in [3.8, 4) is 5.75 Å². The minimum Gasteiger partial charge on any atom is -0.494 e. The van der Waals surface area contributed by atoms with Crippen molar-refractivity contribution in [3.63, 3.8) is 0 Å². The number of hydrogen-bond acceptors (Lipinski definition) is 4. The van der Waals surface area contributed by atoms with E-state index >= 15 is 0 Å². The molecular formula is C23H20F4N2O4S. The van der Waals surface area contributed by atoms with Gasteiger partial charge in [0.25, 0.3) is 10.0 Å². The van der Waals surface area contributed by atoms with Gasteiger partial charge in [-0.25, -0.2) is 12.8 Å². The topological polar surface area (TPSA) is 75.7 Å². The summed E-state index contributed by atoms with van der Waals surface area (Å²) in [6.45, 7) is 1.39. The van der Waals surface area contributed by atoms with Crippen LogP contribution in [0.25, 0.3) is 0 Å². The molecule has 3 rings (SSSR count). The molecule has 0 spiro atoms. The Labute approximate surface area is 193 Å². The van der Waals surface area contributed by atoms with Gasteiger partial charge in [-0.05, 0) is 67.6 Å². The minimum atomic E-state index is -4.74. The van der Waals surface area contributed by atoms with Gasteiger partial charge in [-0.1, -0.05) is 12.1 Å². The summed E-state index contributed by atoms with van der Waals surface area (Å²) in [5.41, 5.74) is -1.18. The summed E-state index contributed by atoms with van der Waals surface area (Å²) in [7, 11) is -4.60. The van der Waals surface area contributed by atoms with Crippen LogP contribution in [-0.2, 0) is 21.0 Å². The molecule has 0 bridgehead atoms. The van der Waals surface area contributed by atoms with E-state index in [9.17, 15) is 30.8 Å². The molecule has 1 N–H and O–H groups in total. The zero-order chi connectivity index (χ0) is 24.9. The molecule has 34 heavy (non-hydrogen) atoms. The van der Waals surface area contributed by atoms with Crippen LogP contribution < -0.4 is 14.4 Å². The highest BCUT2D eigenvalue weighted by Crippen LogP contribution is 2.33. The average molecular weight is 496 g/mol. The Morgan fingerprint density at radius 1 is 1.00 bits per heavy atom. The van der Waals surface area contributed by atoms with Gasteiger partial charge in [-0.15, -0.1) is 0 Å². The normalized spacial score (nSPS) is 11.7. The molecule has 0 aliphatic rings. The SMILES string of the molecule is CCOc1ccc(NC(=O)CN(c2cccc(C(F)(F)F)c2)S(=O)(=O)c2cccc(F)c2)cc1. The number of benzene rings is 3. The van der Waals surface area contributed by atoms with Crippen LogP contribution in [0.3, 0.4) is 0 Å². The van der Waals surface area contributed by atoms with E-state index in [2.05, 4.69) is 5.32 Å². The van der Waals surface area contributed by atoms with Crippen molar-refractivity contribution >= 4 is 27.3 Å². The Morgan fingerprint density at radius 2 is 1.68 bits per heavy atom. The van der Waals surface area contributed by atoms with Crippen molar-refractivity contribution in [2.75, 3.05) is 22.8 Å². The van der Waals surface area contributed by atoms with Crippen LogP contribution in [0.2, 0.25) is 0 Å². The van der Waals surface area contributed by atoms with Crippen LogP contribution in [0.15, 0.2) is 77.7 Å². The Balaban J connectivity index is 1.96. The monoisotopic (exact) mass is 496 g/mol. The second kappa shape index (κ2) is 10.1. The standard InChI is InChI=1S/C23H20F4N2O4S/c1-2-33-20-11-9-18(10-12-20)28-22(30)15-29(19-7-3-5-16(13-19)23(25,26)27)34(31,32)21-8-4-6-17(24)14-21/h3-14H,2,15H2,1H3,(H,28,30). The van der Waals surface area contributed by atoms with Crippen molar-refractivity contribution in [1.82, 2.24) is 0 Å². The van der Waals surface area contributed by atoms with Crippen molar-refractivity contribution in [3.05, 3.63) is 84.2 Å². The van der Waals surface area contributed by atoms with Gasteiger partial charge in [0.2, 0.25) is 5.91 Å². The number of ether oxygens (including phenoxy) is 1. The van der Waals surface area contributed by atoms with Crippen molar-refractivity contribution in [2.24, 2.45) is 0 Å². The fourth-order valence-corrected chi connectivity index (χ4v) is 4.48. The van der Waals surface area contributed by atoms with E-state index in [1.807, 2.05) is 0 Å². The highest BCUT2D eigenvalue weighted by Gasteiger charge is 2.33. The lowest BCUT2D eigenvalue weighted by Gasteiger charge is -2.25. The predicted octanol–water partition coefficient (Wildman–Crippen LogP) is 5.08. The molecule has 0 atom stereocenters. The molecule has 3 aromatic rings. The highest BCUT2D eigenvalue weighted by atomic mass is 32.2. The van der Waals surface area contributed by atoms with Crippen molar-refractivity contribution in [2.45, 2.75) is 18.0 Å². The van der Waals surface area contributed by atoms with E-state index in [1.165, 1.54) is 12.1 Å². The summed E-state index contributed by atoms with van der Waals surface area (Å²) in [6.07, 6.45) is -4.74. The summed E-state index contributed by atoms with van der Waals surface area (Å²) < 4.78 is 85.7. The smallest absolute Gasteiger partial charge is 0.416 e. The number of alkyl halides is 3. The summed E-state index contributed by atoms with van der Waals surface area (Å²) in [5, 5.41) is 2.49. The van der Waals surface area contributed by atoms with Crippen LogP contribution in [-0.4, -0.2) is 27.5 Å². The number of carbonyl (C=O) groups excluding carboxylic acids is 1. The number of rotatable bonds is 8. The number of nitrogens with one attached hydrogen (secondary N) is 1. The maximum absolute atomic E-state index is 13.7. The Hall–Kier alpha value is -3.60. The lowest BCUT2D eigenvalue weighted by Crippen LogP contribution is -2.38. The molecule has 0 aliphatic heterocycles. The fraction of sp³-hybridized carbons (Fsp3) is 0.174. The molecule has 1 amide bonds. The van der Waals surface area contributed by atoms with Crippen LogP contribution in [0.1, 0.15) is 12.5 Å². The first-order valence-electron chi connectivity index (χ1n) is 9.99. The molecular weight excluding hydrogens is 476 g/mol.